The molecule has 21 heavy (non-hydrogen) atoms. The van der Waals surface area contributed by atoms with E-state index >= 15 is 0 Å². The van der Waals surface area contributed by atoms with Crippen LogP contribution in [0.25, 0.3) is 0 Å². The first-order chi connectivity index (χ1) is 10.1. The number of aromatic nitrogens is 1. The second-order valence-corrected chi connectivity index (χ2v) is 4.25. The maximum absolute atomic E-state index is 11.0. The second-order valence-electron chi connectivity index (χ2n) is 3.86. The van der Waals surface area contributed by atoms with Crippen LogP contribution in [0.4, 0.5) is 0 Å². The smallest absolute Gasteiger partial charge is 0.341 e. The van der Waals surface area contributed by atoms with Gasteiger partial charge in [0.05, 0.1) is 33.0 Å². The molecule has 0 spiro atoms. The summed E-state index contributed by atoms with van der Waals surface area (Å²) in [6.07, 6.45) is 0. The van der Waals surface area contributed by atoms with Gasteiger partial charge in [0.2, 0.25) is 5.88 Å². The summed E-state index contributed by atoms with van der Waals surface area (Å²) in [5.74, 6) is -1.14. The number of aromatic carboxylic acids is 1. The van der Waals surface area contributed by atoms with Crippen molar-refractivity contribution in [3.05, 3.63) is 22.8 Å². The van der Waals surface area contributed by atoms with Gasteiger partial charge in [-0.3, -0.25) is 0 Å². The van der Waals surface area contributed by atoms with Crippen LogP contribution in [0.5, 0.6) is 5.88 Å². The van der Waals surface area contributed by atoms with Crippen molar-refractivity contribution < 1.29 is 28.8 Å². The summed E-state index contributed by atoms with van der Waals surface area (Å²) in [4.78, 5) is 14.8. The lowest BCUT2D eigenvalue weighted by atomic mass is 10.3. The first-order valence-electron chi connectivity index (χ1n) is 6.32. The van der Waals surface area contributed by atoms with Crippen LogP contribution in [0.15, 0.2) is 12.1 Å². The molecule has 8 heteroatoms. The molecule has 0 bridgehead atoms. The van der Waals surface area contributed by atoms with E-state index < -0.39 is 5.97 Å². The van der Waals surface area contributed by atoms with E-state index in [1.165, 1.54) is 12.1 Å². The van der Waals surface area contributed by atoms with Gasteiger partial charge < -0.3 is 24.1 Å². The lowest BCUT2D eigenvalue weighted by Crippen LogP contribution is -2.14. The van der Waals surface area contributed by atoms with Crippen molar-refractivity contribution in [2.75, 3.05) is 46.8 Å². The van der Waals surface area contributed by atoms with Crippen molar-refractivity contribution in [3.8, 4) is 5.88 Å². The SMILES string of the molecule is COCCOCCOCCOc1nc(Cl)ccc1C(=O)O. The van der Waals surface area contributed by atoms with Gasteiger partial charge in [0.25, 0.3) is 0 Å². The Kier molecular flexibility index (Phi) is 8.68. The van der Waals surface area contributed by atoms with Gasteiger partial charge in [-0.05, 0) is 12.1 Å². The van der Waals surface area contributed by atoms with Gasteiger partial charge in [0.15, 0.2) is 0 Å². The number of halogens is 1. The molecule has 0 amide bonds. The van der Waals surface area contributed by atoms with Gasteiger partial charge in [0.1, 0.15) is 17.3 Å². The molecule has 0 saturated carbocycles. The second kappa shape index (κ2) is 10.3. The Balaban J connectivity index is 2.21. The Labute approximate surface area is 127 Å². The summed E-state index contributed by atoms with van der Waals surface area (Å²) < 4.78 is 20.6. The molecule has 0 saturated heterocycles. The van der Waals surface area contributed by atoms with E-state index in [9.17, 15) is 4.79 Å². The zero-order valence-corrected chi connectivity index (χ0v) is 12.5. The fraction of sp³-hybridized carbons (Fsp3) is 0.538. The Morgan fingerprint density at radius 3 is 2.38 bits per heavy atom. The molecule has 1 rings (SSSR count). The first kappa shape index (κ1) is 17.6. The van der Waals surface area contributed by atoms with E-state index in [0.29, 0.717) is 33.0 Å². The van der Waals surface area contributed by atoms with Gasteiger partial charge >= 0.3 is 5.97 Å². The van der Waals surface area contributed by atoms with Gasteiger partial charge in [-0.1, -0.05) is 11.6 Å². The number of nitrogens with zero attached hydrogens (tertiary/aromatic N) is 1. The van der Waals surface area contributed by atoms with Crippen molar-refractivity contribution in [2.45, 2.75) is 0 Å². The minimum Gasteiger partial charge on any atom is -0.477 e. The molecule has 1 heterocycles. The van der Waals surface area contributed by atoms with Gasteiger partial charge in [-0.2, -0.15) is 0 Å². The van der Waals surface area contributed by atoms with Crippen LogP contribution in [-0.4, -0.2) is 62.8 Å². The van der Waals surface area contributed by atoms with Crippen molar-refractivity contribution in [1.82, 2.24) is 4.98 Å². The number of pyridine rings is 1. The van der Waals surface area contributed by atoms with E-state index in [2.05, 4.69) is 4.98 Å². The normalized spacial score (nSPS) is 10.6. The molecule has 1 N–H and O–H groups in total. The summed E-state index contributed by atoms with van der Waals surface area (Å²) in [6.45, 7) is 2.40. The van der Waals surface area contributed by atoms with Crippen LogP contribution in [-0.2, 0) is 14.2 Å². The van der Waals surface area contributed by atoms with Crippen LogP contribution in [0.2, 0.25) is 5.15 Å². The van der Waals surface area contributed by atoms with E-state index in [1.54, 1.807) is 7.11 Å². The summed E-state index contributed by atoms with van der Waals surface area (Å²) in [5, 5.41) is 9.15. The molecule has 118 valence electrons. The van der Waals surface area contributed by atoms with Gasteiger partial charge in [-0.25, -0.2) is 9.78 Å². The monoisotopic (exact) mass is 319 g/mol. The molecule has 0 aliphatic carbocycles. The third-order valence-electron chi connectivity index (χ3n) is 2.33. The minimum absolute atomic E-state index is 0.0186. The highest BCUT2D eigenvalue weighted by molar-refractivity contribution is 6.29. The number of carbonyl (C=O) groups is 1. The highest BCUT2D eigenvalue weighted by Gasteiger charge is 2.13. The molecule has 0 atom stereocenters. The molecule has 7 nitrogen and oxygen atoms in total. The third kappa shape index (κ3) is 7.24. The predicted molar refractivity (Wildman–Crippen MR) is 75.2 cm³/mol. The molecule has 0 radical (unpaired) electrons. The lowest BCUT2D eigenvalue weighted by molar-refractivity contribution is 0.0175. The lowest BCUT2D eigenvalue weighted by Gasteiger charge is -2.09. The summed E-state index contributed by atoms with van der Waals surface area (Å²) in [6, 6.07) is 2.74. The third-order valence-corrected chi connectivity index (χ3v) is 2.54. The van der Waals surface area contributed by atoms with Crippen molar-refractivity contribution in [3.63, 3.8) is 0 Å². The number of methoxy groups -OCH3 is 1. The van der Waals surface area contributed by atoms with Gasteiger partial charge in [0, 0.05) is 7.11 Å². The standard InChI is InChI=1S/C13H18ClNO6/c1-18-4-5-19-6-7-20-8-9-21-12-10(13(16)17)2-3-11(14)15-12/h2-3H,4-9H2,1H3,(H,16,17). The Hall–Kier alpha value is -1.41. The maximum Gasteiger partial charge on any atom is 0.341 e. The fourth-order valence-corrected chi connectivity index (χ4v) is 1.49. The summed E-state index contributed by atoms with van der Waals surface area (Å²) in [5.41, 5.74) is -0.0395. The number of rotatable bonds is 11. The topological polar surface area (TPSA) is 87.1 Å². The van der Waals surface area contributed by atoms with E-state index in [-0.39, 0.29) is 23.2 Å². The molecule has 1 aromatic rings. The van der Waals surface area contributed by atoms with Crippen LogP contribution < -0.4 is 4.74 Å². The predicted octanol–water partition coefficient (Wildman–Crippen LogP) is 1.49. The molecule has 0 aromatic carbocycles. The molecule has 0 aliphatic rings. The van der Waals surface area contributed by atoms with Crippen LogP contribution in [0, 0.1) is 0 Å². The van der Waals surface area contributed by atoms with E-state index in [0.717, 1.165) is 0 Å². The number of hydrogen-bond acceptors (Lipinski definition) is 6. The number of ether oxygens (including phenoxy) is 4. The number of hydrogen-bond donors (Lipinski definition) is 1. The summed E-state index contributed by atoms with van der Waals surface area (Å²) >= 11 is 5.70. The highest BCUT2D eigenvalue weighted by atomic mass is 35.5. The molecular weight excluding hydrogens is 302 g/mol. The maximum atomic E-state index is 11.0. The van der Waals surface area contributed by atoms with Gasteiger partial charge in [-0.15, -0.1) is 0 Å². The molecular formula is C13H18ClNO6. The molecule has 0 fully saturated rings. The average Bonchev–Trinajstić information content (AvgIpc) is 2.45. The first-order valence-corrected chi connectivity index (χ1v) is 6.70. The number of carboxylic acids is 1. The van der Waals surface area contributed by atoms with Crippen molar-refractivity contribution >= 4 is 17.6 Å². The Morgan fingerprint density at radius 2 is 1.76 bits per heavy atom. The molecule has 1 aromatic heterocycles. The molecule has 0 aliphatic heterocycles. The highest BCUT2D eigenvalue weighted by Crippen LogP contribution is 2.18. The minimum atomic E-state index is -1.12. The Morgan fingerprint density at radius 1 is 1.14 bits per heavy atom. The fourth-order valence-electron chi connectivity index (χ4n) is 1.35. The largest absolute Gasteiger partial charge is 0.477 e. The quantitative estimate of drug-likeness (QED) is 0.488. The van der Waals surface area contributed by atoms with E-state index in [4.69, 9.17) is 35.7 Å². The Bertz CT molecular complexity index is 443. The zero-order chi connectivity index (χ0) is 15.5. The van der Waals surface area contributed by atoms with E-state index in [1.807, 2.05) is 0 Å². The van der Waals surface area contributed by atoms with Crippen LogP contribution >= 0.6 is 11.6 Å². The van der Waals surface area contributed by atoms with Crippen molar-refractivity contribution in [2.24, 2.45) is 0 Å². The van der Waals surface area contributed by atoms with Crippen LogP contribution in [0.1, 0.15) is 10.4 Å². The summed E-state index contributed by atoms with van der Waals surface area (Å²) in [7, 11) is 1.60. The zero-order valence-electron chi connectivity index (χ0n) is 11.7. The van der Waals surface area contributed by atoms with Crippen molar-refractivity contribution in [1.29, 1.82) is 0 Å². The number of carboxylic acid groups (broad SMARTS) is 1. The molecule has 0 unspecified atom stereocenters. The average molecular weight is 320 g/mol. The van der Waals surface area contributed by atoms with Crippen LogP contribution in [0.3, 0.4) is 0 Å².